The summed E-state index contributed by atoms with van der Waals surface area (Å²) < 4.78 is 118. The molecule has 0 aromatic carbocycles. The van der Waals surface area contributed by atoms with Gasteiger partial charge in [0.2, 0.25) is 17.7 Å². The molecular formula is C37H52N16O24P4. The zero-order valence-corrected chi connectivity index (χ0v) is 45.8. The summed E-state index contributed by atoms with van der Waals surface area (Å²) >= 11 is 0. The van der Waals surface area contributed by atoms with E-state index < -0.39 is 141 Å². The third-order valence-corrected chi connectivity index (χ3v) is 18.6. The minimum absolute atomic E-state index is 0.00236. The number of aromatic nitrogens is 12. The molecule has 4 aliphatic heterocycles. The molecule has 0 saturated carbocycles. The molecule has 10 rings (SSSR count). The lowest BCUT2D eigenvalue weighted by atomic mass is 9.91. The lowest BCUT2D eigenvalue weighted by Gasteiger charge is -2.37. The number of ether oxygens (including phenoxy) is 5. The van der Waals surface area contributed by atoms with Gasteiger partial charge < -0.3 is 89.7 Å². The number of aryl methyl sites for hydroxylation is 1. The number of anilines is 3. The number of fused-ring (bicyclic) bond motifs is 5. The Hall–Kier alpha value is -5.19. The van der Waals surface area contributed by atoms with E-state index in [1.165, 1.54) is 27.1 Å². The van der Waals surface area contributed by atoms with Crippen LogP contribution in [0.5, 0.6) is 0 Å². The summed E-state index contributed by atoms with van der Waals surface area (Å²) in [5.74, 6) is -0.673. The third-order valence-electron chi connectivity index (χ3n) is 13.4. The van der Waals surface area contributed by atoms with Crippen molar-refractivity contribution in [1.29, 1.82) is 0 Å². The van der Waals surface area contributed by atoms with E-state index in [1.807, 2.05) is 0 Å². The topological polar surface area (TPSA) is 557 Å². The fourth-order valence-corrected chi connectivity index (χ4v) is 14.3. The second-order valence-electron chi connectivity index (χ2n) is 19.0. The van der Waals surface area contributed by atoms with E-state index in [1.54, 1.807) is 19.0 Å². The van der Waals surface area contributed by atoms with Gasteiger partial charge in [-0.05, 0) is 20.5 Å². The van der Waals surface area contributed by atoms with Crippen molar-refractivity contribution >= 4 is 82.5 Å². The molecule has 10 heterocycles. The van der Waals surface area contributed by atoms with Crippen molar-refractivity contribution in [2.24, 2.45) is 7.05 Å². The van der Waals surface area contributed by atoms with Crippen LogP contribution in [0, 0.1) is 0 Å². The van der Waals surface area contributed by atoms with Crippen LogP contribution in [0.2, 0.25) is 0 Å². The Kier molecular flexibility index (Phi) is 15.9. The minimum atomic E-state index is -6.25. The Labute approximate surface area is 451 Å². The van der Waals surface area contributed by atoms with Crippen molar-refractivity contribution < 1.29 is 108 Å². The molecule has 6 aromatic rings. The Balaban J connectivity index is 0.827. The first-order valence-corrected chi connectivity index (χ1v) is 29.6. The van der Waals surface area contributed by atoms with Gasteiger partial charge in [0.1, 0.15) is 60.7 Å². The Morgan fingerprint density at radius 3 is 2.15 bits per heavy atom. The number of rotatable bonds is 22. The number of phosphoric ester groups is 3. The van der Waals surface area contributed by atoms with Crippen LogP contribution in [0.1, 0.15) is 25.1 Å². The van der Waals surface area contributed by atoms with Gasteiger partial charge in [0.25, 0.3) is 24.9 Å². The SMILES string of the molecule is CO[C@H]1C(OP(=O)([O-])OC[C@H]2O[C@@H](n3cnc4c(=O)[nH]c(N)nc43)[C@@H](O)C2O)[C@@H](COP(=O)(O)OP(=O)(O)OP(=O)(O)OC[C@]23O[C@@H]([n+]4cn(C)c5c(=O)[nH]c(N)nc54)C(O[C@H]2CCN(C)C)[C@H]3O)O[C@H]1n1cnc2c(N)ncnc21. The predicted octanol–water partition coefficient (Wildman–Crippen LogP) is -4.61. The minimum Gasteiger partial charge on any atom is -0.756 e. The smallest absolute Gasteiger partial charge is 0.490 e. The van der Waals surface area contributed by atoms with Gasteiger partial charge in [-0.2, -0.15) is 13.6 Å². The van der Waals surface area contributed by atoms with Crippen LogP contribution < -0.4 is 37.8 Å². The van der Waals surface area contributed by atoms with E-state index in [0.717, 1.165) is 30.7 Å². The van der Waals surface area contributed by atoms with Crippen molar-refractivity contribution in [3.05, 3.63) is 46.0 Å². The highest BCUT2D eigenvalue weighted by molar-refractivity contribution is 7.66. The molecule has 0 amide bonds. The maximum Gasteiger partial charge on any atom is 0.490 e. The summed E-state index contributed by atoms with van der Waals surface area (Å²) in [5.41, 5.74) is 13.8. The predicted molar refractivity (Wildman–Crippen MR) is 262 cm³/mol. The highest BCUT2D eigenvalue weighted by atomic mass is 31.3. The number of nitrogens with one attached hydrogen (secondary N) is 2. The molecular weight excluding hydrogens is 1180 g/mol. The van der Waals surface area contributed by atoms with Crippen molar-refractivity contribution in [2.75, 3.05) is 64.8 Å². The molecule has 17 atom stereocenters. The maximum atomic E-state index is 13.7. The standard InChI is InChI=1S/C37H52N16O24P4/c1-49(2)6-5-16-37(25(56)24(73-16)34(74-37)53-13-50(3)19-29(53)46-36(40)48-31(19)58)9-70-80(63,64)77-81(65,66)76-79(61,62)69-8-15-22(23(67-4)33(72-15)51-11-43-17-26(38)41-10-42-27(17)51)75-78(59,60)68-7-14-20(54)21(55)32(71-14)52-12-44-18-28(52)45-35(39)47-30(18)57/h10-16,20-25,32-34,54-56H,5-9H2,1-4H3,(H11-,38,39,40,41,42,45,46,47,48,57,58,59,60,61,62,63,64,65,66)/t14-,15-,16+,20?,21+,22?,23+,24?,25-,32-,33-,34-,37+/m1/s1. The molecule has 2 bridgehead atoms. The Bertz CT molecular complexity index is 3700. The number of nitrogen functional groups attached to an aromatic ring is 3. The monoisotopic (exact) mass is 1230 g/mol. The number of phosphoric acid groups is 4. The lowest BCUT2D eigenvalue weighted by molar-refractivity contribution is -0.753. The lowest BCUT2D eigenvalue weighted by Crippen LogP contribution is -2.55. The van der Waals surface area contributed by atoms with Gasteiger partial charge in [-0.1, -0.05) is 4.98 Å². The average Bonchev–Trinajstić information content (AvgIpc) is 4.38. The molecule has 0 spiro atoms. The highest BCUT2D eigenvalue weighted by Gasteiger charge is 2.69. The van der Waals surface area contributed by atoms with Crippen LogP contribution >= 0.6 is 31.3 Å². The van der Waals surface area contributed by atoms with Gasteiger partial charge in [-0.3, -0.25) is 46.9 Å². The normalized spacial score (nSPS) is 31.6. The van der Waals surface area contributed by atoms with E-state index in [0.29, 0.717) is 6.54 Å². The van der Waals surface area contributed by atoms with Gasteiger partial charge in [0.05, 0.1) is 45.6 Å². The number of hydrogen-bond acceptors (Lipinski definition) is 31. The van der Waals surface area contributed by atoms with Crippen LogP contribution in [0.15, 0.2) is 34.9 Å². The van der Waals surface area contributed by atoms with Crippen molar-refractivity contribution in [1.82, 2.24) is 58.5 Å². The number of aromatic amines is 2. The van der Waals surface area contributed by atoms with Gasteiger partial charge in [-0.25, -0.2) is 38.2 Å². The Morgan fingerprint density at radius 1 is 0.802 bits per heavy atom. The summed E-state index contributed by atoms with van der Waals surface area (Å²) in [6.07, 6.45) is -14.2. The van der Waals surface area contributed by atoms with Crippen molar-refractivity contribution in [3.63, 3.8) is 0 Å². The summed E-state index contributed by atoms with van der Waals surface area (Å²) in [6, 6.07) is 0. The molecule has 7 unspecified atom stereocenters. The fraction of sp³-hybridized carbons (Fsp3) is 0.595. The number of nitrogens with two attached hydrogens (primary N) is 3. The number of nitrogens with zero attached hydrogens (tertiary/aromatic N) is 11. The molecule has 6 aromatic heterocycles. The number of imidazole rings is 3. The summed E-state index contributed by atoms with van der Waals surface area (Å²) in [4.78, 5) is 102. The second-order valence-corrected chi connectivity index (χ2v) is 25.0. The van der Waals surface area contributed by atoms with Gasteiger partial charge in [-0.15, -0.1) is 0 Å². The van der Waals surface area contributed by atoms with Gasteiger partial charge >= 0.3 is 29.1 Å². The average molecular weight is 1230 g/mol. The number of aliphatic hydroxyl groups excluding tert-OH is 3. The summed E-state index contributed by atoms with van der Waals surface area (Å²) in [6.45, 7) is -3.11. The Morgan fingerprint density at radius 2 is 1.44 bits per heavy atom. The van der Waals surface area contributed by atoms with E-state index >= 15 is 0 Å². The number of H-pyrrole nitrogens is 2. The number of aliphatic hydroxyl groups is 3. The first-order chi connectivity index (χ1) is 38.0. The quantitative estimate of drug-likeness (QED) is 0.0225. The highest BCUT2D eigenvalue weighted by Crippen LogP contribution is 2.68. The number of methoxy groups -OCH3 is 1. The summed E-state index contributed by atoms with van der Waals surface area (Å²) in [7, 11) is -17.8. The molecule has 14 N–H and O–H groups in total. The molecule has 4 saturated heterocycles. The van der Waals surface area contributed by atoms with Crippen molar-refractivity contribution in [2.45, 2.75) is 85.6 Å². The molecule has 4 aliphatic rings. The van der Waals surface area contributed by atoms with E-state index in [2.05, 4.69) is 48.5 Å². The zero-order chi connectivity index (χ0) is 58.5. The molecule has 44 heteroatoms. The number of hydrogen-bond donors (Lipinski definition) is 11. The molecule has 81 heavy (non-hydrogen) atoms. The van der Waals surface area contributed by atoms with Gasteiger partial charge in [0, 0.05) is 13.7 Å². The second kappa shape index (κ2) is 21.8. The largest absolute Gasteiger partial charge is 0.756 e. The molecule has 4 fully saturated rings. The van der Waals surface area contributed by atoms with Crippen molar-refractivity contribution in [3.8, 4) is 0 Å². The van der Waals surface area contributed by atoms with Gasteiger partial charge in [0.15, 0.2) is 47.0 Å². The molecule has 444 valence electrons. The maximum absolute atomic E-state index is 13.7. The first kappa shape index (κ1) is 59.0. The fourth-order valence-electron chi connectivity index (χ4n) is 9.82. The van der Waals surface area contributed by atoms with Crippen LogP contribution in [-0.4, -0.2) is 197 Å². The third kappa shape index (κ3) is 11.4. The van der Waals surface area contributed by atoms with Crippen LogP contribution in [0.25, 0.3) is 33.5 Å². The van der Waals surface area contributed by atoms with Crippen LogP contribution in [-0.2, 0) is 75.7 Å². The first-order valence-electron chi connectivity index (χ1n) is 23.6. The zero-order valence-electron chi connectivity index (χ0n) is 42.2. The molecule has 0 radical (unpaired) electrons. The van der Waals surface area contributed by atoms with E-state index in [4.69, 9.17) is 59.0 Å². The van der Waals surface area contributed by atoms with Crippen LogP contribution in [0.4, 0.5) is 17.7 Å². The molecule has 40 nitrogen and oxygen atoms in total. The summed E-state index contributed by atoms with van der Waals surface area (Å²) in [5, 5.41) is 33.4. The van der Waals surface area contributed by atoms with Crippen LogP contribution in [0.3, 0.4) is 0 Å². The van der Waals surface area contributed by atoms with E-state index in [9.17, 15) is 62.7 Å². The van der Waals surface area contributed by atoms with E-state index in [-0.39, 0.29) is 57.6 Å². The molecule has 0 aliphatic carbocycles.